The molecule has 0 amide bonds. The zero-order valence-corrected chi connectivity index (χ0v) is 8.11. The number of alkyl halides is 3. The molecule has 0 aromatic carbocycles. The van der Waals surface area contributed by atoms with Gasteiger partial charge in [0.15, 0.2) is 0 Å². The fourth-order valence-corrected chi connectivity index (χ4v) is 0.813. The van der Waals surface area contributed by atoms with Crippen molar-refractivity contribution in [1.82, 2.24) is 5.43 Å². The maximum Gasteiger partial charge on any atom is 0.397 e. The summed E-state index contributed by atoms with van der Waals surface area (Å²) in [5.74, 6) is 0.349. The second kappa shape index (κ2) is 3.67. The molecular formula is C8H13F3N2O. The van der Waals surface area contributed by atoms with Gasteiger partial charge in [0.25, 0.3) is 0 Å². The first kappa shape index (κ1) is 11.1. The molecule has 1 aliphatic heterocycles. The number of hydrogen-bond acceptors (Lipinski definition) is 3. The van der Waals surface area contributed by atoms with Crippen LogP contribution in [0, 0.1) is 5.41 Å². The molecule has 0 aromatic heterocycles. The molecular weight excluding hydrogens is 197 g/mol. The van der Waals surface area contributed by atoms with Crippen LogP contribution in [0.1, 0.15) is 20.3 Å². The molecule has 0 unspecified atom stereocenters. The number of halogens is 3. The molecule has 3 nitrogen and oxygen atoms in total. The molecule has 0 aromatic rings. The third-order valence-electron chi connectivity index (χ3n) is 2.02. The van der Waals surface area contributed by atoms with Crippen LogP contribution in [0.25, 0.3) is 0 Å². The third-order valence-corrected chi connectivity index (χ3v) is 2.02. The lowest BCUT2D eigenvalue weighted by Gasteiger charge is -2.27. The fraction of sp³-hybridized carbons (Fsp3) is 0.875. The first-order chi connectivity index (χ1) is 6.33. The van der Waals surface area contributed by atoms with E-state index in [1.54, 1.807) is 0 Å². The number of nitrogens with zero attached hydrogens (tertiary/aromatic N) is 1. The maximum absolute atomic E-state index is 12.4. The van der Waals surface area contributed by atoms with E-state index in [-0.39, 0.29) is 0 Å². The van der Waals surface area contributed by atoms with E-state index in [4.69, 9.17) is 4.74 Å². The van der Waals surface area contributed by atoms with E-state index in [9.17, 15) is 13.2 Å². The van der Waals surface area contributed by atoms with Gasteiger partial charge in [-0.2, -0.15) is 13.2 Å². The molecule has 0 fully saturated rings. The Kier molecular flexibility index (Phi) is 2.92. The number of hydrogen-bond donors (Lipinski definition) is 1. The van der Waals surface area contributed by atoms with Gasteiger partial charge in [-0.1, -0.05) is 0 Å². The molecule has 0 saturated carbocycles. The summed E-state index contributed by atoms with van der Waals surface area (Å²) in [5.41, 5.74) is 0.794. The van der Waals surface area contributed by atoms with Crippen molar-refractivity contribution in [2.75, 3.05) is 13.2 Å². The molecule has 0 saturated heterocycles. The predicted molar refractivity (Wildman–Crippen MR) is 45.8 cm³/mol. The molecule has 0 bridgehead atoms. The van der Waals surface area contributed by atoms with Gasteiger partial charge in [0.05, 0.1) is 5.41 Å². The number of nitrogens with one attached hydrogen (secondary N) is 1. The van der Waals surface area contributed by atoms with Gasteiger partial charge < -0.3 is 10.2 Å². The minimum Gasteiger partial charge on any atom is -0.479 e. The lowest BCUT2D eigenvalue weighted by Crippen LogP contribution is -2.37. The second-order valence-electron chi connectivity index (χ2n) is 3.83. The fourth-order valence-electron chi connectivity index (χ4n) is 0.813. The molecule has 0 aliphatic carbocycles. The van der Waals surface area contributed by atoms with Crippen molar-refractivity contribution in [2.24, 2.45) is 10.5 Å². The Hall–Kier alpha value is -0.940. The zero-order valence-electron chi connectivity index (χ0n) is 8.11. The number of rotatable bonds is 2. The Morgan fingerprint density at radius 3 is 2.50 bits per heavy atom. The Balaban J connectivity index is 2.43. The van der Waals surface area contributed by atoms with Crippen LogP contribution in [0.5, 0.6) is 0 Å². The largest absolute Gasteiger partial charge is 0.479 e. The average Bonchev–Trinajstić information content (AvgIpc) is 2.50. The summed E-state index contributed by atoms with van der Waals surface area (Å²) in [6.07, 6.45) is -3.70. The Morgan fingerprint density at radius 2 is 2.07 bits per heavy atom. The summed E-state index contributed by atoms with van der Waals surface area (Å²) in [4.78, 5) is 0. The molecule has 0 radical (unpaired) electrons. The molecule has 0 spiro atoms. The number of ether oxygens (including phenoxy) is 1. The standard InChI is InChI=1S/C8H13F3N2O/c1-7(2,8(9,10)11)5-14-6-3-4-12-13-6/h12H,3-5H2,1-2H3. The Morgan fingerprint density at radius 1 is 1.43 bits per heavy atom. The molecule has 1 rings (SSSR count). The van der Waals surface area contributed by atoms with E-state index in [1.807, 2.05) is 0 Å². The van der Waals surface area contributed by atoms with Gasteiger partial charge in [-0.3, -0.25) is 0 Å². The molecule has 6 heteroatoms. The molecule has 1 heterocycles. The summed E-state index contributed by atoms with van der Waals surface area (Å²) < 4.78 is 42.1. The van der Waals surface area contributed by atoms with Crippen molar-refractivity contribution in [3.63, 3.8) is 0 Å². The van der Waals surface area contributed by atoms with Crippen LogP contribution in [-0.2, 0) is 4.74 Å². The van der Waals surface area contributed by atoms with Gasteiger partial charge in [-0.05, 0) is 13.8 Å². The summed E-state index contributed by atoms with van der Waals surface area (Å²) in [7, 11) is 0. The van der Waals surface area contributed by atoms with Gasteiger partial charge in [0, 0.05) is 13.0 Å². The number of hydrazone groups is 1. The van der Waals surface area contributed by atoms with Crippen LogP contribution < -0.4 is 5.43 Å². The first-order valence-corrected chi connectivity index (χ1v) is 4.32. The highest BCUT2D eigenvalue weighted by Crippen LogP contribution is 2.37. The highest BCUT2D eigenvalue weighted by Gasteiger charge is 2.48. The third kappa shape index (κ3) is 2.52. The van der Waals surface area contributed by atoms with E-state index in [0.717, 1.165) is 13.8 Å². The lowest BCUT2D eigenvalue weighted by atomic mass is 9.94. The van der Waals surface area contributed by atoms with E-state index < -0.39 is 18.2 Å². The molecule has 0 atom stereocenters. The van der Waals surface area contributed by atoms with Gasteiger partial charge in [0.2, 0.25) is 5.90 Å². The Labute approximate surface area is 80.3 Å². The van der Waals surface area contributed by atoms with Crippen LogP contribution in [0.2, 0.25) is 0 Å². The van der Waals surface area contributed by atoms with Crippen molar-refractivity contribution in [3.8, 4) is 0 Å². The highest BCUT2D eigenvalue weighted by atomic mass is 19.4. The topological polar surface area (TPSA) is 33.6 Å². The quantitative estimate of drug-likeness (QED) is 0.755. The maximum atomic E-state index is 12.4. The van der Waals surface area contributed by atoms with Crippen molar-refractivity contribution in [3.05, 3.63) is 0 Å². The van der Waals surface area contributed by atoms with Crippen molar-refractivity contribution in [2.45, 2.75) is 26.4 Å². The van der Waals surface area contributed by atoms with Gasteiger partial charge in [0.1, 0.15) is 6.61 Å². The zero-order chi connectivity index (χ0) is 10.8. The minimum atomic E-state index is -4.25. The van der Waals surface area contributed by atoms with Crippen LogP contribution in [-0.4, -0.2) is 25.2 Å². The molecule has 14 heavy (non-hydrogen) atoms. The summed E-state index contributed by atoms with van der Waals surface area (Å²) in [6.45, 7) is 2.45. The van der Waals surface area contributed by atoms with Gasteiger partial charge >= 0.3 is 6.18 Å². The van der Waals surface area contributed by atoms with Crippen LogP contribution in [0.4, 0.5) is 13.2 Å². The Bertz CT molecular complexity index is 235. The van der Waals surface area contributed by atoms with Crippen LogP contribution in [0.15, 0.2) is 5.10 Å². The van der Waals surface area contributed by atoms with Crippen molar-refractivity contribution in [1.29, 1.82) is 0 Å². The van der Waals surface area contributed by atoms with Crippen LogP contribution >= 0.6 is 0 Å². The van der Waals surface area contributed by atoms with E-state index >= 15 is 0 Å². The van der Waals surface area contributed by atoms with E-state index in [2.05, 4.69) is 10.5 Å². The van der Waals surface area contributed by atoms with Crippen LogP contribution in [0.3, 0.4) is 0 Å². The van der Waals surface area contributed by atoms with E-state index in [1.165, 1.54) is 0 Å². The average molecular weight is 210 g/mol. The van der Waals surface area contributed by atoms with Gasteiger partial charge in [-0.15, -0.1) is 5.10 Å². The monoisotopic (exact) mass is 210 g/mol. The van der Waals surface area contributed by atoms with Crippen molar-refractivity contribution < 1.29 is 17.9 Å². The minimum absolute atomic E-state index is 0.349. The molecule has 82 valence electrons. The van der Waals surface area contributed by atoms with Gasteiger partial charge in [-0.25, -0.2) is 0 Å². The highest BCUT2D eigenvalue weighted by molar-refractivity contribution is 5.77. The first-order valence-electron chi connectivity index (χ1n) is 4.32. The molecule has 1 aliphatic rings. The summed E-state index contributed by atoms with van der Waals surface area (Å²) in [6, 6.07) is 0. The van der Waals surface area contributed by atoms with E-state index in [0.29, 0.717) is 18.9 Å². The summed E-state index contributed by atoms with van der Waals surface area (Å²) in [5, 5.41) is 3.70. The lowest BCUT2D eigenvalue weighted by molar-refractivity contribution is -0.220. The predicted octanol–water partition coefficient (Wildman–Crippen LogP) is 1.90. The smallest absolute Gasteiger partial charge is 0.397 e. The second-order valence-corrected chi connectivity index (χ2v) is 3.83. The normalized spacial score (nSPS) is 17.6. The van der Waals surface area contributed by atoms with Crippen molar-refractivity contribution >= 4 is 5.90 Å². The SMILES string of the molecule is CC(C)(COC1=NNCC1)C(F)(F)F. The molecule has 1 N–H and O–H groups in total. The summed E-state index contributed by atoms with van der Waals surface area (Å²) >= 11 is 0.